The van der Waals surface area contributed by atoms with Gasteiger partial charge in [0.05, 0.1) is 12.1 Å². The standard InChI is InChI=1S/C15H17F3N4O/c1-21(14(23)10-22-6-5-20-13(22)8-19)9-11-3-2-4-12(7-11)15(16,17)18/h2-7H,8-10,19H2,1H3. The molecule has 2 aromatic rings. The Balaban J connectivity index is 2.04. The highest BCUT2D eigenvalue weighted by atomic mass is 19.4. The van der Waals surface area contributed by atoms with Gasteiger partial charge in [-0.05, 0) is 17.7 Å². The molecule has 23 heavy (non-hydrogen) atoms. The molecule has 1 aromatic heterocycles. The molecule has 0 radical (unpaired) electrons. The second-order valence-electron chi connectivity index (χ2n) is 5.12. The van der Waals surface area contributed by atoms with Gasteiger partial charge in [-0.15, -0.1) is 0 Å². The fourth-order valence-electron chi connectivity index (χ4n) is 2.15. The molecule has 8 heteroatoms. The largest absolute Gasteiger partial charge is 0.416 e. The summed E-state index contributed by atoms with van der Waals surface area (Å²) in [6, 6.07) is 4.94. The number of amides is 1. The van der Waals surface area contributed by atoms with E-state index in [1.54, 1.807) is 30.1 Å². The predicted molar refractivity (Wildman–Crippen MR) is 78.0 cm³/mol. The van der Waals surface area contributed by atoms with Crippen LogP contribution in [0.4, 0.5) is 13.2 Å². The lowest BCUT2D eigenvalue weighted by Gasteiger charge is -2.19. The van der Waals surface area contributed by atoms with E-state index < -0.39 is 11.7 Å². The molecule has 2 rings (SSSR count). The van der Waals surface area contributed by atoms with Crippen molar-refractivity contribution < 1.29 is 18.0 Å². The van der Waals surface area contributed by atoms with Gasteiger partial charge in [-0.3, -0.25) is 4.79 Å². The molecule has 2 N–H and O–H groups in total. The summed E-state index contributed by atoms with van der Waals surface area (Å²) in [5.41, 5.74) is 5.20. The van der Waals surface area contributed by atoms with Gasteiger partial charge in [-0.25, -0.2) is 4.98 Å². The van der Waals surface area contributed by atoms with Crippen LogP contribution < -0.4 is 5.73 Å². The Morgan fingerprint density at radius 1 is 1.39 bits per heavy atom. The summed E-state index contributed by atoms with van der Waals surface area (Å²) >= 11 is 0. The normalized spacial score (nSPS) is 11.5. The van der Waals surface area contributed by atoms with E-state index in [9.17, 15) is 18.0 Å². The number of likely N-dealkylation sites (N-methyl/N-ethyl adjacent to an activating group) is 1. The van der Waals surface area contributed by atoms with Crippen molar-refractivity contribution in [3.63, 3.8) is 0 Å². The third-order valence-corrected chi connectivity index (χ3v) is 3.39. The fourth-order valence-corrected chi connectivity index (χ4v) is 2.15. The van der Waals surface area contributed by atoms with Crippen LogP contribution in [0, 0.1) is 0 Å². The summed E-state index contributed by atoms with van der Waals surface area (Å²) < 4.78 is 39.7. The van der Waals surface area contributed by atoms with Crippen molar-refractivity contribution in [2.45, 2.75) is 25.8 Å². The molecule has 1 aromatic carbocycles. The SMILES string of the molecule is CN(Cc1cccc(C(F)(F)F)c1)C(=O)Cn1ccnc1CN. The maximum atomic E-state index is 12.7. The molecular weight excluding hydrogens is 309 g/mol. The Labute approximate surface area is 131 Å². The molecule has 0 aliphatic heterocycles. The highest BCUT2D eigenvalue weighted by Crippen LogP contribution is 2.29. The number of alkyl halides is 3. The average molecular weight is 326 g/mol. The number of hydrogen-bond acceptors (Lipinski definition) is 3. The number of hydrogen-bond donors (Lipinski definition) is 1. The number of imidazole rings is 1. The molecule has 0 unspecified atom stereocenters. The first-order valence-electron chi connectivity index (χ1n) is 6.91. The van der Waals surface area contributed by atoms with E-state index in [1.165, 1.54) is 11.0 Å². The number of nitrogens with two attached hydrogens (primary N) is 1. The van der Waals surface area contributed by atoms with Crippen LogP contribution in [0.5, 0.6) is 0 Å². The van der Waals surface area contributed by atoms with E-state index in [4.69, 9.17) is 5.73 Å². The van der Waals surface area contributed by atoms with Crippen LogP contribution in [0.3, 0.4) is 0 Å². The maximum absolute atomic E-state index is 12.7. The van der Waals surface area contributed by atoms with E-state index in [1.807, 2.05) is 0 Å². The van der Waals surface area contributed by atoms with Crippen LogP contribution >= 0.6 is 0 Å². The minimum Gasteiger partial charge on any atom is -0.340 e. The number of aromatic nitrogens is 2. The molecule has 0 saturated heterocycles. The van der Waals surface area contributed by atoms with Crippen molar-refractivity contribution in [2.75, 3.05) is 7.05 Å². The number of carbonyl (C=O) groups is 1. The monoisotopic (exact) mass is 326 g/mol. The van der Waals surface area contributed by atoms with Gasteiger partial charge in [0.25, 0.3) is 0 Å². The number of nitrogens with zero attached hydrogens (tertiary/aromatic N) is 3. The third-order valence-electron chi connectivity index (χ3n) is 3.39. The molecule has 0 saturated carbocycles. The summed E-state index contributed by atoms with van der Waals surface area (Å²) in [6.45, 7) is 0.342. The van der Waals surface area contributed by atoms with Crippen LogP contribution in [-0.4, -0.2) is 27.4 Å². The van der Waals surface area contributed by atoms with Crippen LogP contribution in [-0.2, 0) is 30.6 Å². The van der Waals surface area contributed by atoms with E-state index in [-0.39, 0.29) is 25.5 Å². The molecule has 1 amide bonds. The number of carbonyl (C=O) groups excluding carboxylic acids is 1. The Morgan fingerprint density at radius 3 is 2.78 bits per heavy atom. The minimum atomic E-state index is -4.40. The molecular formula is C15H17F3N4O. The number of benzene rings is 1. The summed E-state index contributed by atoms with van der Waals surface area (Å²) in [7, 11) is 1.54. The zero-order chi connectivity index (χ0) is 17.0. The maximum Gasteiger partial charge on any atom is 0.416 e. The van der Waals surface area contributed by atoms with Gasteiger partial charge in [0.2, 0.25) is 5.91 Å². The Morgan fingerprint density at radius 2 is 2.13 bits per heavy atom. The first-order chi connectivity index (χ1) is 10.8. The number of halogens is 3. The van der Waals surface area contributed by atoms with Crippen molar-refractivity contribution in [2.24, 2.45) is 5.73 Å². The smallest absolute Gasteiger partial charge is 0.340 e. The van der Waals surface area contributed by atoms with Gasteiger partial charge in [0, 0.05) is 26.0 Å². The van der Waals surface area contributed by atoms with E-state index in [0.29, 0.717) is 11.4 Å². The molecule has 1 heterocycles. The van der Waals surface area contributed by atoms with Gasteiger partial charge in [0.1, 0.15) is 12.4 Å². The average Bonchev–Trinajstić information content (AvgIpc) is 2.93. The van der Waals surface area contributed by atoms with Gasteiger partial charge in [-0.1, -0.05) is 12.1 Å². The van der Waals surface area contributed by atoms with E-state index in [2.05, 4.69) is 4.98 Å². The fraction of sp³-hybridized carbons (Fsp3) is 0.333. The lowest BCUT2D eigenvalue weighted by atomic mass is 10.1. The van der Waals surface area contributed by atoms with Crippen molar-refractivity contribution >= 4 is 5.91 Å². The highest BCUT2D eigenvalue weighted by molar-refractivity contribution is 5.75. The molecule has 0 aliphatic carbocycles. The zero-order valence-electron chi connectivity index (χ0n) is 12.5. The molecule has 0 bridgehead atoms. The first-order valence-corrected chi connectivity index (χ1v) is 6.91. The van der Waals surface area contributed by atoms with Crippen molar-refractivity contribution in [1.29, 1.82) is 0 Å². The molecule has 0 aliphatic rings. The van der Waals surface area contributed by atoms with Crippen molar-refractivity contribution in [1.82, 2.24) is 14.5 Å². The van der Waals surface area contributed by atoms with Crippen LogP contribution in [0.25, 0.3) is 0 Å². The minimum absolute atomic E-state index is 0.0436. The first kappa shape index (κ1) is 17.0. The van der Waals surface area contributed by atoms with Crippen LogP contribution in [0.2, 0.25) is 0 Å². The van der Waals surface area contributed by atoms with Gasteiger partial charge >= 0.3 is 6.18 Å². The summed E-state index contributed by atoms with van der Waals surface area (Å²) in [5, 5.41) is 0. The van der Waals surface area contributed by atoms with Gasteiger partial charge in [-0.2, -0.15) is 13.2 Å². The lowest BCUT2D eigenvalue weighted by molar-refractivity contribution is -0.137. The van der Waals surface area contributed by atoms with E-state index >= 15 is 0 Å². The topological polar surface area (TPSA) is 64.2 Å². The number of rotatable bonds is 5. The van der Waals surface area contributed by atoms with Gasteiger partial charge in [0.15, 0.2) is 0 Å². The third kappa shape index (κ3) is 4.32. The van der Waals surface area contributed by atoms with Crippen molar-refractivity contribution in [3.8, 4) is 0 Å². The molecule has 0 fully saturated rings. The molecule has 124 valence electrons. The Hall–Kier alpha value is -2.35. The molecule has 0 spiro atoms. The molecule has 5 nitrogen and oxygen atoms in total. The Kier molecular flexibility index (Phi) is 5.05. The van der Waals surface area contributed by atoms with Gasteiger partial charge < -0.3 is 15.2 Å². The second-order valence-corrected chi connectivity index (χ2v) is 5.12. The molecule has 0 atom stereocenters. The summed E-state index contributed by atoms with van der Waals surface area (Å²) in [6.07, 6.45) is -1.22. The summed E-state index contributed by atoms with van der Waals surface area (Å²) in [4.78, 5) is 17.6. The van der Waals surface area contributed by atoms with Crippen LogP contribution in [0.15, 0.2) is 36.7 Å². The van der Waals surface area contributed by atoms with E-state index in [0.717, 1.165) is 12.1 Å². The lowest BCUT2D eigenvalue weighted by Crippen LogP contribution is -2.30. The highest BCUT2D eigenvalue weighted by Gasteiger charge is 2.30. The summed E-state index contributed by atoms with van der Waals surface area (Å²) in [5.74, 6) is 0.334. The Bertz CT molecular complexity index is 681. The zero-order valence-corrected chi connectivity index (χ0v) is 12.5. The second kappa shape index (κ2) is 6.82. The van der Waals surface area contributed by atoms with Crippen LogP contribution in [0.1, 0.15) is 17.0 Å². The quantitative estimate of drug-likeness (QED) is 0.914. The predicted octanol–water partition coefficient (Wildman–Crippen LogP) is 2.02. The van der Waals surface area contributed by atoms with Crippen molar-refractivity contribution in [3.05, 3.63) is 53.6 Å².